The van der Waals surface area contributed by atoms with E-state index in [1.165, 1.54) is 0 Å². The van der Waals surface area contributed by atoms with E-state index in [1.807, 2.05) is 13.8 Å². The zero-order valence-corrected chi connectivity index (χ0v) is 8.75. The number of hydrogen-bond acceptors (Lipinski definition) is 3. The zero-order valence-electron chi connectivity index (χ0n) is 8.75. The Hall–Kier alpha value is -0.120. The summed E-state index contributed by atoms with van der Waals surface area (Å²) in [5.74, 6) is 0.234. The molecule has 1 fully saturated rings. The minimum absolute atomic E-state index is 0.234. The maximum atomic E-state index is 10.0. The molecule has 1 saturated heterocycles. The minimum Gasteiger partial charge on any atom is -0.390 e. The van der Waals surface area contributed by atoms with E-state index in [-0.39, 0.29) is 17.6 Å². The summed E-state index contributed by atoms with van der Waals surface area (Å²) in [5.41, 5.74) is -0.369. The van der Waals surface area contributed by atoms with Gasteiger partial charge in [-0.2, -0.15) is 0 Å². The highest BCUT2D eigenvalue weighted by Gasteiger charge is 2.40. The third-order valence-electron chi connectivity index (χ3n) is 2.92. The summed E-state index contributed by atoms with van der Waals surface area (Å²) in [4.78, 5) is 0. The van der Waals surface area contributed by atoms with Crippen molar-refractivity contribution in [1.29, 1.82) is 0 Å². The molecule has 0 radical (unpaired) electrons. The van der Waals surface area contributed by atoms with Gasteiger partial charge < -0.3 is 14.6 Å². The SMILES string of the molecule is COC1(C(O)C(C)C)CCOCC1. The van der Waals surface area contributed by atoms with Gasteiger partial charge in [-0.3, -0.25) is 0 Å². The summed E-state index contributed by atoms with van der Waals surface area (Å²) < 4.78 is 10.7. The van der Waals surface area contributed by atoms with Crippen molar-refractivity contribution < 1.29 is 14.6 Å². The Morgan fingerprint density at radius 1 is 1.31 bits per heavy atom. The van der Waals surface area contributed by atoms with Gasteiger partial charge >= 0.3 is 0 Å². The van der Waals surface area contributed by atoms with E-state index in [1.54, 1.807) is 7.11 Å². The third kappa shape index (κ3) is 2.22. The van der Waals surface area contributed by atoms with Crippen molar-refractivity contribution in [2.75, 3.05) is 20.3 Å². The molecule has 1 atom stereocenters. The van der Waals surface area contributed by atoms with Gasteiger partial charge in [0.1, 0.15) is 0 Å². The lowest BCUT2D eigenvalue weighted by molar-refractivity contribution is -0.163. The maximum absolute atomic E-state index is 10.0. The van der Waals surface area contributed by atoms with Crippen molar-refractivity contribution in [2.24, 2.45) is 5.92 Å². The fraction of sp³-hybridized carbons (Fsp3) is 1.00. The molecule has 0 aromatic heterocycles. The van der Waals surface area contributed by atoms with Crippen LogP contribution in [0.5, 0.6) is 0 Å². The van der Waals surface area contributed by atoms with E-state index in [9.17, 15) is 5.11 Å². The van der Waals surface area contributed by atoms with Crippen molar-refractivity contribution in [1.82, 2.24) is 0 Å². The van der Waals surface area contributed by atoms with E-state index in [2.05, 4.69) is 0 Å². The van der Waals surface area contributed by atoms with Gasteiger partial charge in [0.15, 0.2) is 0 Å². The lowest BCUT2D eigenvalue weighted by atomic mass is 9.82. The Kier molecular flexibility index (Phi) is 3.71. The highest BCUT2D eigenvalue weighted by Crippen LogP contribution is 2.31. The number of aliphatic hydroxyl groups is 1. The van der Waals surface area contributed by atoms with Gasteiger partial charge in [-0.05, 0) is 5.92 Å². The van der Waals surface area contributed by atoms with Crippen LogP contribution in [-0.2, 0) is 9.47 Å². The number of aliphatic hydroxyl groups excluding tert-OH is 1. The number of hydrogen-bond donors (Lipinski definition) is 1. The first-order valence-electron chi connectivity index (χ1n) is 4.93. The number of rotatable bonds is 3. The molecule has 0 aliphatic carbocycles. The van der Waals surface area contributed by atoms with Crippen LogP contribution in [0.1, 0.15) is 26.7 Å². The average molecular weight is 188 g/mol. The summed E-state index contributed by atoms with van der Waals surface area (Å²) in [5, 5.41) is 10.0. The Balaban J connectivity index is 2.66. The van der Waals surface area contributed by atoms with Crippen molar-refractivity contribution >= 4 is 0 Å². The molecule has 1 unspecified atom stereocenters. The first kappa shape index (κ1) is 11.0. The summed E-state index contributed by atoms with van der Waals surface area (Å²) in [7, 11) is 1.68. The average Bonchev–Trinajstić information content (AvgIpc) is 2.17. The quantitative estimate of drug-likeness (QED) is 0.723. The van der Waals surface area contributed by atoms with Crippen LogP contribution in [-0.4, -0.2) is 37.1 Å². The number of methoxy groups -OCH3 is 1. The largest absolute Gasteiger partial charge is 0.390 e. The number of ether oxygens (including phenoxy) is 2. The predicted molar refractivity (Wildman–Crippen MR) is 50.6 cm³/mol. The van der Waals surface area contributed by atoms with Crippen LogP contribution >= 0.6 is 0 Å². The molecule has 1 aliphatic rings. The molecule has 1 rings (SSSR count). The second kappa shape index (κ2) is 4.40. The van der Waals surface area contributed by atoms with Crippen molar-refractivity contribution in [3.63, 3.8) is 0 Å². The molecule has 3 nitrogen and oxygen atoms in total. The second-order valence-electron chi connectivity index (χ2n) is 4.07. The lowest BCUT2D eigenvalue weighted by Crippen LogP contribution is -2.50. The van der Waals surface area contributed by atoms with Crippen LogP contribution in [0.3, 0.4) is 0 Å². The Morgan fingerprint density at radius 2 is 1.85 bits per heavy atom. The first-order valence-corrected chi connectivity index (χ1v) is 4.93. The summed E-state index contributed by atoms with van der Waals surface area (Å²) in [6.45, 7) is 5.41. The monoisotopic (exact) mass is 188 g/mol. The van der Waals surface area contributed by atoms with Gasteiger partial charge in [0.2, 0.25) is 0 Å². The predicted octanol–water partition coefficient (Wildman–Crippen LogP) is 1.20. The smallest absolute Gasteiger partial charge is 0.0982 e. The molecule has 3 heteroatoms. The molecule has 1 N–H and O–H groups in total. The highest BCUT2D eigenvalue weighted by atomic mass is 16.5. The maximum Gasteiger partial charge on any atom is 0.0982 e. The molecule has 0 spiro atoms. The van der Waals surface area contributed by atoms with Crippen LogP contribution in [0.25, 0.3) is 0 Å². The Labute approximate surface area is 80.0 Å². The van der Waals surface area contributed by atoms with Crippen LogP contribution < -0.4 is 0 Å². The summed E-state index contributed by atoms with van der Waals surface area (Å²) in [6.07, 6.45) is 1.20. The zero-order chi connectivity index (χ0) is 9.90. The molecule has 1 aliphatic heterocycles. The molecule has 0 aromatic carbocycles. The van der Waals surface area contributed by atoms with E-state index < -0.39 is 0 Å². The molecule has 1 heterocycles. The molecule has 0 saturated carbocycles. The van der Waals surface area contributed by atoms with Gasteiger partial charge in [-0.25, -0.2) is 0 Å². The van der Waals surface area contributed by atoms with E-state index in [0.29, 0.717) is 13.2 Å². The van der Waals surface area contributed by atoms with Crippen LogP contribution in [0.15, 0.2) is 0 Å². The first-order chi connectivity index (χ1) is 6.12. The second-order valence-corrected chi connectivity index (χ2v) is 4.07. The molecular formula is C10H20O3. The van der Waals surface area contributed by atoms with Gasteiger partial charge in [0, 0.05) is 33.2 Å². The van der Waals surface area contributed by atoms with Crippen LogP contribution in [0.2, 0.25) is 0 Å². The molecule has 0 amide bonds. The van der Waals surface area contributed by atoms with Crippen LogP contribution in [0.4, 0.5) is 0 Å². The highest BCUT2D eigenvalue weighted by molar-refractivity contribution is 4.91. The fourth-order valence-electron chi connectivity index (χ4n) is 1.95. The summed E-state index contributed by atoms with van der Waals surface area (Å²) >= 11 is 0. The topological polar surface area (TPSA) is 38.7 Å². The van der Waals surface area contributed by atoms with Crippen molar-refractivity contribution in [3.05, 3.63) is 0 Å². The van der Waals surface area contributed by atoms with Crippen molar-refractivity contribution in [3.8, 4) is 0 Å². The van der Waals surface area contributed by atoms with Gasteiger partial charge in [0.25, 0.3) is 0 Å². The van der Waals surface area contributed by atoms with Crippen LogP contribution in [0, 0.1) is 5.92 Å². The Bertz CT molecular complexity index is 150. The lowest BCUT2D eigenvalue weighted by Gasteiger charge is -2.41. The van der Waals surface area contributed by atoms with Gasteiger partial charge in [-0.1, -0.05) is 13.8 Å². The summed E-state index contributed by atoms with van der Waals surface area (Å²) in [6, 6.07) is 0. The normalized spacial score (nSPS) is 24.7. The van der Waals surface area contributed by atoms with Gasteiger partial charge in [0.05, 0.1) is 11.7 Å². The third-order valence-corrected chi connectivity index (χ3v) is 2.92. The van der Waals surface area contributed by atoms with Crippen molar-refractivity contribution in [2.45, 2.75) is 38.4 Å². The molecule has 78 valence electrons. The molecule has 0 bridgehead atoms. The van der Waals surface area contributed by atoms with E-state index in [0.717, 1.165) is 12.8 Å². The fourth-order valence-corrected chi connectivity index (χ4v) is 1.95. The van der Waals surface area contributed by atoms with E-state index >= 15 is 0 Å². The molecule has 0 aromatic rings. The van der Waals surface area contributed by atoms with E-state index in [4.69, 9.17) is 9.47 Å². The van der Waals surface area contributed by atoms with Gasteiger partial charge in [-0.15, -0.1) is 0 Å². The molecule has 13 heavy (non-hydrogen) atoms. The Morgan fingerprint density at radius 3 is 2.23 bits per heavy atom. The molecular weight excluding hydrogens is 168 g/mol. The minimum atomic E-state index is -0.388. The standard InChI is InChI=1S/C10H20O3/c1-8(2)9(11)10(12-3)4-6-13-7-5-10/h8-9,11H,4-7H2,1-3H3.